The number of hydrogen-bond acceptors (Lipinski definition) is 7. The summed E-state index contributed by atoms with van der Waals surface area (Å²) in [5, 5.41) is 17.0. The number of aryl methyl sites for hydroxylation is 2. The molecule has 27 heavy (non-hydrogen) atoms. The fourth-order valence-corrected chi connectivity index (χ4v) is 3.46. The summed E-state index contributed by atoms with van der Waals surface area (Å²) in [7, 11) is 1.79. The van der Waals surface area contributed by atoms with Crippen molar-refractivity contribution in [2.45, 2.75) is 24.8 Å². The first-order valence-corrected chi connectivity index (χ1v) is 9.18. The van der Waals surface area contributed by atoms with Crippen LogP contribution in [0.2, 0.25) is 0 Å². The summed E-state index contributed by atoms with van der Waals surface area (Å²) in [6.07, 6.45) is 0. The zero-order valence-corrected chi connectivity index (χ0v) is 15.7. The Kier molecular flexibility index (Phi) is 4.53. The van der Waals surface area contributed by atoms with Crippen molar-refractivity contribution >= 4 is 11.8 Å². The zero-order chi connectivity index (χ0) is 19.0. The van der Waals surface area contributed by atoms with Gasteiger partial charge in [-0.2, -0.15) is 0 Å². The summed E-state index contributed by atoms with van der Waals surface area (Å²) in [4.78, 5) is 0. The minimum atomic E-state index is -0.336. The zero-order valence-electron chi connectivity index (χ0n) is 14.9. The number of benzene rings is 1. The normalized spacial score (nSPS) is 11.3. The molecule has 0 N–H and O–H groups in total. The molecule has 0 fully saturated rings. The first kappa shape index (κ1) is 17.5. The van der Waals surface area contributed by atoms with Crippen LogP contribution in [0.3, 0.4) is 0 Å². The van der Waals surface area contributed by atoms with Crippen LogP contribution in [0.5, 0.6) is 0 Å². The average molecular weight is 385 g/mol. The first-order valence-electron chi connectivity index (χ1n) is 8.20. The molecule has 0 aliphatic carbocycles. The van der Waals surface area contributed by atoms with E-state index in [-0.39, 0.29) is 5.82 Å². The summed E-state index contributed by atoms with van der Waals surface area (Å²) in [5.41, 5.74) is 1.20. The molecule has 0 atom stereocenters. The van der Waals surface area contributed by atoms with Crippen molar-refractivity contribution < 1.29 is 13.2 Å². The van der Waals surface area contributed by atoms with Crippen LogP contribution in [0.25, 0.3) is 22.8 Å². The van der Waals surface area contributed by atoms with Gasteiger partial charge in [0.05, 0.1) is 16.9 Å². The minimum absolute atomic E-state index is 0.336. The molecule has 0 amide bonds. The largest absolute Gasteiger partial charge is 0.466 e. The lowest BCUT2D eigenvalue weighted by Gasteiger charge is -2.03. The third-order valence-electron chi connectivity index (χ3n) is 4.01. The Labute approximate surface area is 158 Å². The van der Waals surface area contributed by atoms with E-state index >= 15 is 0 Å². The van der Waals surface area contributed by atoms with E-state index in [1.807, 2.05) is 19.9 Å². The van der Waals surface area contributed by atoms with Gasteiger partial charge in [0.1, 0.15) is 17.3 Å². The van der Waals surface area contributed by atoms with E-state index in [1.54, 1.807) is 29.8 Å². The van der Waals surface area contributed by atoms with E-state index in [0.29, 0.717) is 34.1 Å². The van der Waals surface area contributed by atoms with Gasteiger partial charge in [-0.3, -0.25) is 0 Å². The molecule has 0 saturated heterocycles. The summed E-state index contributed by atoms with van der Waals surface area (Å²) >= 11 is 1.39. The lowest BCUT2D eigenvalue weighted by Crippen LogP contribution is -1.96. The molecule has 0 aliphatic rings. The second-order valence-electron chi connectivity index (χ2n) is 5.96. The van der Waals surface area contributed by atoms with E-state index in [4.69, 9.17) is 8.83 Å². The number of thioether (sulfide) groups is 1. The SMILES string of the molecule is Cc1cc(-c2nnc(CSc3nnc(-c4ccccc4F)n3C)o2)c(C)o1. The molecule has 7 nitrogen and oxygen atoms in total. The highest BCUT2D eigenvalue weighted by Crippen LogP contribution is 2.29. The predicted molar refractivity (Wildman–Crippen MR) is 97.4 cm³/mol. The number of rotatable bonds is 5. The minimum Gasteiger partial charge on any atom is -0.466 e. The molecular formula is C18H16FN5O2S. The number of furan rings is 1. The van der Waals surface area contributed by atoms with Crippen LogP contribution in [0.1, 0.15) is 17.4 Å². The lowest BCUT2D eigenvalue weighted by atomic mass is 10.2. The molecule has 3 heterocycles. The summed E-state index contributed by atoms with van der Waals surface area (Å²) in [5.74, 6) is 2.96. The Hall–Kier alpha value is -2.94. The van der Waals surface area contributed by atoms with E-state index < -0.39 is 0 Å². The van der Waals surface area contributed by atoms with E-state index in [9.17, 15) is 4.39 Å². The van der Waals surface area contributed by atoms with Crippen molar-refractivity contribution in [1.82, 2.24) is 25.0 Å². The molecule has 1 aromatic carbocycles. The molecule has 138 valence electrons. The Morgan fingerprint density at radius 3 is 2.59 bits per heavy atom. The number of hydrogen-bond donors (Lipinski definition) is 0. The Bertz CT molecular complexity index is 1100. The maximum atomic E-state index is 14.0. The third-order valence-corrected chi connectivity index (χ3v) is 5.02. The van der Waals surface area contributed by atoms with Crippen LogP contribution in [-0.2, 0) is 12.8 Å². The highest BCUT2D eigenvalue weighted by molar-refractivity contribution is 7.98. The first-order chi connectivity index (χ1) is 13.0. The summed E-state index contributed by atoms with van der Waals surface area (Å²) in [6.45, 7) is 3.72. The van der Waals surface area contributed by atoms with Gasteiger partial charge in [-0.15, -0.1) is 20.4 Å². The van der Waals surface area contributed by atoms with Crippen molar-refractivity contribution in [2.75, 3.05) is 0 Å². The van der Waals surface area contributed by atoms with Gasteiger partial charge in [-0.25, -0.2) is 4.39 Å². The molecule has 0 bridgehead atoms. The Morgan fingerprint density at radius 1 is 1.04 bits per heavy atom. The second kappa shape index (κ2) is 6.99. The number of halogens is 1. The third kappa shape index (κ3) is 3.37. The monoisotopic (exact) mass is 385 g/mol. The van der Waals surface area contributed by atoms with Crippen LogP contribution in [-0.4, -0.2) is 25.0 Å². The van der Waals surface area contributed by atoms with Gasteiger partial charge in [0.2, 0.25) is 5.89 Å². The van der Waals surface area contributed by atoms with Crippen molar-refractivity contribution in [3.63, 3.8) is 0 Å². The van der Waals surface area contributed by atoms with E-state index in [0.717, 1.165) is 17.1 Å². The summed E-state index contributed by atoms with van der Waals surface area (Å²) in [6, 6.07) is 8.34. The van der Waals surface area contributed by atoms with Gasteiger partial charge in [0.25, 0.3) is 5.89 Å². The summed E-state index contributed by atoms with van der Waals surface area (Å²) < 4.78 is 26.9. The van der Waals surface area contributed by atoms with Gasteiger partial charge in [-0.1, -0.05) is 23.9 Å². The molecule has 0 aliphatic heterocycles. The van der Waals surface area contributed by atoms with Crippen molar-refractivity contribution in [3.8, 4) is 22.8 Å². The molecule has 3 aromatic heterocycles. The molecule has 0 unspecified atom stereocenters. The van der Waals surface area contributed by atoms with Crippen molar-refractivity contribution in [3.05, 3.63) is 53.6 Å². The Balaban J connectivity index is 1.50. The van der Waals surface area contributed by atoms with Gasteiger partial charge >= 0.3 is 0 Å². The number of nitrogens with zero attached hydrogens (tertiary/aromatic N) is 5. The maximum Gasteiger partial charge on any atom is 0.251 e. The fraction of sp³-hybridized carbons (Fsp3) is 0.222. The topological polar surface area (TPSA) is 82.8 Å². The van der Waals surface area contributed by atoms with Crippen molar-refractivity contribution in [1.29, 1.82) is 0 Å². The van der Waals surface area contributed by atoms with Gasteiger partial charge < -0.3 is 13.4 Å². The molecule has 4 aromatic rings. The maximum absolute atomic E-state index is 14.0. The van der Waals surface area contributed by atoms with Crippen LogP contribution in [0, 0.1) is 19.7 Å². The van der Waals surface area contributed by atoms with Gasteiger partial charge in [0, 0.05) is 7.05 Å². The van der Waals surface area contributed by atoms with Crippen LogP contribution >= 0.6 is 11.8 Å². The molecule has 0 radical (unpaired) electrons. The fourth-order valence-electron chi connectivity index (χ4n) is 2.71. The quantitative estimate of drug-likeness (QED) is 0.477. The molecule has 0 spiro atoms. The highest BCUT2D eigenvalue weighted by Gasteiger charge is 2.17. The standard InChI is InChI=1S/C18H16FN5O2S/c1-10-8-13(11(2)25-10)17-22-20-15(26-17)9-27-18-23-21-16(24(18)3)12-6-4-5-7-14(12)19/h4-8H,9H2,1-3H3. The average Bonchev–Trinajstić information content (AvgIpc) is 3.33. The second-order valence-corrected chi connectivity index (χ2v) is 6.90. The highest BCUT2D eigenvalue weighted by atomic mass is 32.2. The molecule has 0 saturated carbocycles. The predicted octanol–water partition coefficient (Wildman–Crippen LogP) is 4.17. The smallest absolute Gasteiger partial charge is 0.251 e. The van der Waals surface area contributed by atoms with Crippen LogP contribution < -0.4 is 0 Å². The Morgan fingerprint density at radius 2 is 1.85 bits per heavy atom. The van der Waals surface area contributed by atoms with Crippen molar-refractivity contribution in [2.24, 2.45) is 7.05 Å². The number of aromatic nitrogens is 5. The molecule has 9 heteroatoms. The van der Waals surface area contributed by atoms with Gasteiger partial charge in [0.15, 0.2) is 11.0 Å². The van der Waals surface area contributed by atoms with E-state index in [1.165, 1.54) is 17.8 Å². The molecule has 4 rings (SSSR count). The lowest BCUT2D eigenvalue weighted by molar-refractivity contribution is 0.499. The van der Waals surface area contributed by atoms with Crippen LogP contribution in [0.4, 0.5) is 4.39 Å². The van der Waals surface area contributed by atoms with E-state index in [2.05, 4.69) is 20.4 Å². The van der Waals surface area contributed by atoms with Gasteiger partial charge in [-0.05, 0) is 32.0 Å². The molecular weight excluding hydrogens is 369 g/mol. The van der Waals surface area contributed by atoms with Crippen LogP contribution in [0.15, 0.2) is 44.3 Å².